The summed E-state index contributed by atoms with van der Waals surface area (Å²) in [6.07, 6.45) is 0. The maximum Gasteiger partial charge on any atom is 0.258 e. The van der Waals surface area contributed by atoms with Crippen molar-refractivity contribution < 1.29 is 8.91 Å². The van der Waals surface area contributed by atoms with Crippen LogP contribution in [0.5, 0.6) is 0 Å². The van der Waals surface area contributed by atoms with Crippen LogP contribution in [0.2, 0.25) is 0 Å². The molecule has 35 heavy (non-hydrogen) atoms. The lowest BCUT2D eigenvalue weighted by Gasteiger charge is -2.37. The third-order valence-electron chi connectivity index (χ3n) is 6.26. The molecule has 7 heteroatoms. The molecule has 1 unspecified atom stereocenters. The van der Waals surface area contributed by atoms with Gasteiger partial charge in [-0.2, -0.15) is 4.98 Å². The molecule has 5 rings (SSSR count). The van der Waals surface area contributed by atoms with Gasteiger partial charge < -0.3 is 14.7 Å². The molecule has 3 aromatic carbocycles. The predicted molar refractivity (Wildman–Crippen MR) is 139 cm³/mol. The Morgan fingerprint density at radius 2 is 1.60 bits per heavy atom. The normalized spacial score (nSPS) is 15.9. The van der Waals surface area contributed by atoms with Gasteiger partial charge >= 0.3 is 0 Å². The SMILES string of the molecule is CC1=C(c2nc(-c3ccc(C)cc3)no2)C(c2ccc(C)cc2)NC(=S)N1Cc1ccccc1F. The number of rotatable bonds is 5. The quantitative estimate of drug-likeness (QED) is 0.333. The van der Waals surface area contributed by atoms with Crippen molar-refractivity contribution in [3.8, 4) is 11.4 Å². The first-order valence-electron chi connectivity index (χ1n) is 11.4. The number of hydrogen-bond acceptors (Lipinski definition) is 4. The van der Waals surface area contributed by atoms with E-state index in [0.717, 1.165) is 33.5 Å². The molecule has 176 valence electrons. The highest BCUT2D eigenvalue weighted by Crippen LogP contribution is 2.38. The maximum absolute atomic E-state index is 14.5. The molecule has 5 nitrogen and oxygen atoms in total. The largest absolute Gasteiger partial charge is 0.351 e. The topological polar surface area (TPSA) is 54.2 Å². The van der Waals surface area contributed by atoms with E-state index in [1.54, 1.807) is 12.1 Å². The fourth-order valence-electron chi connectivity index (χ4n) is 4.21. The first kappa shape index (κ1) is 22.9. The molecule has 1 aliphatic heterocycles. The Hall–Kier alpha value is -3.84. The number of nitrogens with zero attached hydrogens (tertiary/aromatic N) is 3. The van der Waals surface area contributed by atoms with Gasteiger partial charge in [0.1, 0.15) is 5.82 Å². The molecule has 2 heterocycles. The molecule has 0 saturated carbocycles. The number of aryl methyl sites for hydroxylation is 2. The van der Waals surface area contributed by atoms with E-state index in [0.29, 0.717) is 22.4 Å². The van der Waals surface area contributed by atoms with Crippen molar-refractivity contribution in [1.29, 1.82) is 0 Å². The maximum atomic E-state index is 14.5. The van der Waals surface area contributed by atoms with Gasteiger partial charge in [0, 0.05) is 16.8 Å². The molecule has 0 aliphatic carbocycles. The first-order valence-corrected chi connectivity index (χ1v) is 11.8. The molecule has 0 radical (unpaired) electrons. The number of aromatic nitrogens is 2. The fraction of sp³-hybridized carbons (Fsp3) is 0.179. The standard InChI is InChI=1S/C28H25FN4OS/c1-17-8-12-20(13-9-17)25-24(27-31-26(32-34-27)21-14-10-18(2)11-15-21)19(3)33(28(35)30-25)16-22-6-4-5-7-23(22)29/h4-15,25H,16H2,1-3H3,(H,30,35). The lowest BCUT2D eigenvalue weighted by Crippen LogP contribution is -2.45. The molecule has 4 aromatic rings. The van der Waals surface area contributed by atoms with Crippen LogP contribution < -0.4 is 5.32 Å². The second-order valence-corrected chi connectivity index (χ2v) is 9.15. The minimum atomic E-state index is -0.286. The van der Waals surface area contributed by atoms with Gasteiger partial charge in [-0.1, -0.05) is 83.0 Å². The fourth-order valence-corrected chi connectivity index (χ4v) is 4.53. The van der Waals surface area contributed by atoms with E-state index in [4.69, 9.17) is 21.7 Å². The van der Waals surface area contributed by atoms with Crippen LogP contribution in [0.3, 0.4) is 0 Å². The molecule has 1 aromatic heterocycles. The van der Waals surface area contributed by atoms with Gasteiger partial charge in [-0.3, -0.25) is 0 Å². The summed E-state index contributed by atoms with van der Waals surface area (Å²) in [5.74, 6) is 0.638. The lowest BCUT2D eigenvalue weighted by atomic mass is 9.94. The smallest absolute Gasteiger partial charge is 0.258 e. The van der Waals surface area contributed by atoms with Crippen LogP contribution in [0.1, 0.15) is 41.1 Å². The lowest BCUT2D eigenvalue weighted by molar-refractivity contribution is 0.395. The summed E-state index contributed by atoms with van der Waals surface area (Å²) in [6, 6.07) is 22.7. The molecule has 0 fully saturated rings. The van der Waals surface area contributed by atoms with Crippen molar-refractivity contribution in [2.24, 2.45) is 0 Å². The van der Waals surface area contributed by atoms with Gasteiger partial charge in [0.15, 0.2) is 5.11 Å². The van der Waals surface area contributed by atoms with Gasteiger partial charge in [-0.15, -0.1) is 0 Å². The van der Waals surface area contributed by atoms with Crippen molar-refractivity contribution >= 4 is 22.9 Å². The van der Waals surface area contributed by atoms with Crippen LogP contribution in [0.4, 0.5) is 4.39 Å². The Bertz CT molecular complexity index is 1410. The van der Waals surface area contributed by atoms with E-state index in [2.05, 4.69) is 34.7 Å². The number of allylic oxidation sites excluding steroid dienone is 1. The van der Waals surface area contributed by atoms with Gasteiger partial charge in [0.05, 0.1) is 18.2 Å². The zero-order valence-electron chi connectivity index (χ0n) is 19.7. The Kier molecular flexibility index (Phi) is 6.17. The first-order chi connectivity index (χ1) is 16.9. The van der Waals surface area contributed by atoms with Crippen LogP contribution in [-0.4, -0.2) is 20.2 Å². The van der Waals surface area contributed by atoms with E-state index in [1.165, 1.54) is 6.07 Å². The highest BCUT2D eigenvalue weighted by Gasteiger charge is 2.34. The molecular weight excluding hydrogens is 459 g/mol. The molecule has 0 spiro atoms. The Labute approximate surface area is 209 Å². The van der Waals surface area contributed by atoms with Crippen molar-refractivity contribution in [3.05, 3.63) is 112 Å². The molecule has 0 bridgehead atoms. The minimum absolute atomic E-state index is 0.273. The second-order valence-electron chi connectivity index (χ2n) is 8.76. The van der Waals surface area contributed by atoms with E-state index in [-0.39, 0.29) is 18.4 Å². The summed E-state index contributed by atoms with van der Waals surface area (Å²) in [5, 5.41) is 8.19. The van der Waals surface area contributed by atoms with Crippen molar-refractivity contribution in [2.45, 2.75) is 33.4 Å². The summed E-state index contributed by atoms with van der Waals surface area (Å²) >= 11 is 5.74. The summed E-state index contributed by atoms with van der Waals surface area (Å²) in [4.78, 5) is 6.62. The summed E-state index contributed by atoms with van der Waals surface area (Å²) in [5.41, 5.74) is 6.41. The number of hydrogen-bond donors (Lipinski definition) is 1. The molecular formula is C28H25FN4OS. The Morgan fingerprint density at radius 3 is 2.29 bits per heavy atom. The Balaban J connectivity index is 1.60. The second kappa shape index (κ2) is 9.43. The van der Waals surface area contributed by atoms with Gasteiger partial charge in [-0.05, 0) is 44.6 Å². The summed E-state index contributed by atoms with van der Waals surface area (Å²) in [6.45, 7) is 6.33. The predicted octanol–water partition coefficient (Wildman–Crippen LogP) is 6.36. The minimum Gasteiger partial charge on any atom is -0.351 e. The zero-order chi connectivity index (χ0) is 24.5. The van der Waals surface area contributed by atoms with Gasteiger partial charge in [-0.25, -0.2) is 4.39 Å². The number of benzene rings is 3. The number of thiocarbonyl (C=S) groups is 1. The van der Waals surface area contributed by atoms with E-state index in [9.17, 15) is 4.39 Å². The van der Waals surface area contributed by atoms with Crippen molar-refractivity contribution in [3.63, 3.8) is 0 Å². The zero-order valence-corrected chi connectivity index (χ0v) is 20.6. The van der Waals surface area contributed by atoms with E-state index < -0.39 is 0 Å². The van der Waals surface area contributed by atoms with E-state index >= 15 is 0 Å². The van der Waals surface area contributed by atoms with Gasteiger partial charge in [0.25, 0.3) is 5.89 Å². The molecule has 0 saturated heterocycles. The third kappa shape index (κ3) is 4.59. The number of nitrogens with one attached hydrogen (secondary N) is 1. The highest BCUT2D eigenvalue weighted by molar-refractivity contribution is 7.80. The van der Waals surface area contributed by atoms with E-state index in [1.807, 2.05) is 56.0 Å². The highest BCUT2D eigenvalue weighted by atomic mass is 32.1. The molecule has 0 amide bonds. The van der Waals surface area contributed by atoms with Gasteiger partial charge in [0.2, 0.25) is 5.82 Å². The van der Waals surface area contributed by atoms with Crippen LogP contribution in [0, 0.1) is 19.7 Å². The van der Waals surface area contributed by atoms with Crippen LogP contribution in [0.15, 0.2) is 83.0 Å². The van der Waals surface area contributed by atoms with Crippen LogP contribution in [0.25, 0.3) is 17.0 Å². The average Bonchev–Trinajstić information content (AvgIpc) is 3.33. The van der Waals surface area contributed by atoms with Crippen molar-refractivity contribution in [2.75, 3.05) is 0 Å². The summed E-state index contributed by atoms with van der Waals surface area (Å²) in [7, 11) is 0. The molecule has 1 atom stereocenters. The summed E-state index contributed by atoms with van der Waals surface area (Å²) < 4.78 is 20.3. The third-order valence-corrected chi connectivity index (χ3v) is 6.60. The average molecular weight is 485 g/mol. The Morgan fingerprint density at radius 1 is 0.943 bits per heavy atom. The molecule has 1 N–H and O–H groups in total. The monoisotopic (exact) mass is 484 g/mol. The van der Waals surface area contributed by atoms with Crippen LogP contribution >= 0.6 is 12.2 Å². The number of halogens is 1. The van der Waals surface area contributed by atoms with Crippen LogP contribution in [-0.2, 0) is 6.54 Å². The van der Waals surface area contributed by atoms with Crippen molar-refractivity contribution in [1.82, 2.24) is 20.4 Å². The molecule has 1 aliphatic rings.